The third kappa shape index (κ3) is 1.99. The van der Waals surface area contributed by atoms with Gasteiger partial charge in [-0.15, -0.1) is 0 Å². The normalized spacial score (nSPS) is 19.4. The van der Waals surface area contributed by atoms with Crippen molar-refractivity contribution in [3.63, 3.8) is 0 Å². The first-order valence-corrected chi connectivity index (χ1v) is 4.23. The number of hydrogen-bond acceptors (Lipinski definition) is 3. The number of amides is 4. The monoisotopic (exact) mass is 208 g/mol. The third-order valence-corrected chi connectivity index (χ3v) is 2.53. The van der Waals surface area contributed by atoms with E-state index in [4.69, 9.17) is 0 Å². The third-order valence-electron chi connectivity index (χ3n) is 2.53. The van der Waals surface area contributed by atoms with E-state index in [-0.39, 0.29) is 31.0 Å². The molecule has 1 aliphatic heterocycles. The van der Waals surface area contributed by atoms with Gasteiger partial charge in [0, 0.05) is 0 Å². The average Bonchev–Trinajstić information content (AvgIpc) is 2.05. The van der Waals surface area contributed by atoms with Crippen molar-refractivity contribution in [3.8, 4) is 0 Å². The topological polar surface area (TPSA) is 75.3 Å². The summed E-state index contributed by atoms with van der Waals surface area (Å²) in [6, 6.07) is -0.729. The molecular formula is C8H13N2NaO3. The maximum absolute atomic E-state index is 11.4. The summed E-state index contributed by atoms with van der Waals surface area (Å²) in [6.07, 6.45) is 0.795. The Bertz CT molecular complexity index is 257. The summed E-state index contributed by atoms with van der Waals surface area (Å²) in [5.74, 6) is -0.988. The second-order valence-electron chi connectivity index (χ2n) is 3.03. The van der Waals surface area contributed by atoms with Gasteiger partial charge in [-0.1, -0.05) is 13.8 Å². The van der Waals surface area contributed by atoms with Crippen molar-refractivity contribution in [1.82, 2.24) is 10.6 Å². The van der Waals surface area contributed by atoms with Gasteiger partial charge in [0.05, 0.1) is 0 Å². The van der Waals surface area contributed by atoms with Crippen LogP contribution in [0.4, 0.5) is 4.79 Å². The van der Waals surface area contributed by atoms with Gasteiger partial charge in [-0.05, 0) is 12.8 Å². The van der Waals surface area contributed by atoms with Crippen molar-refractivity contribution < 1.29 is 45.4 Å². The predicted octanol–water partition coefficient (Wildman–Crippen LogP) is -2.72. The number of barbiturate groups is 1. The van der Waals surface area contributed by atoms with Gasteiger partial charge in [-0.25, -0.2) is 4.79 Å². The molecule has 0 aromatic heterocycles. The van der Waals surface area contributed by atoms with Crippen LogP contribution in [0.25, 0.3) is 0 Å². The van der Waals surface area contributed by atoms with E-state index >= 15 is 0 Å². The molecule has 0 aliphatic carbocycles. The van der Waals surface area contributed by atoms with Crippen molar-refractivity contribution in [2.45, 2.75) is 26.7 Å². The maximum atomic E-state index is 11.4. The molecule has 1 saturated heterocycles. The molecule has 0 unspecified atom stereocenters. The molecule has 6 heteroatoms. The standard InChI is InChI=1S/C8H12N2O3.Na.H/c1-3-8(4-2)5(11)9-7(13)10-6(8)12;;/h3-4H2,1-2H3,(H2,9,10,11,12,13);;/q;+1;-1. The molecule has 0 atom stereocenters. The molecule has 2 N–H and O–H groups in total. The van der Waals surface area contributed by atoms with E-state index in [2.05, 4.69) is 10.6 Å². The maximum Gasteiger partial charge on any atom is 1.00 e. The molecule has 5 nitrogen and oxygen atoms in total. The Morgan fingerprint density at radius 1 is 1.07 bits per heavy atom. The van der Waals surface area contributed by atoms with E-state index < -0.39 is 23.3 Å². The second kappa shape index (κ2) is 4.91. The van der Waals surface area contributed by atoms with E-state index in [0.717, 1.165) is 0 Å². The van der Waals surface area contributed by atoms with Crippen LogP contribution in [0.15, 0.2) is 0 Å². The molecule has 14 heavy (non-hydrogen) atoms. The van der Waals surface area contributed by atoms with E-state index in [9.17, 15) is 14.4 Å². The zero-order chi connectivity index (χ0) is 10.1. The Labute approximate surface area is 106 Å². The smallest absolute Gasteiger partial charge is 1.00 e. The molecule has 1 fully saturated rings. The Morgan fingerprint density at radius 2 is 1.43 bits per heavy atom. The fraction of sp³-hybridized carbons (Fsp3) is 0.625. The summed E-state index contributed by atoms with van der Waals surface area (Å²) in [7, 11) is 0. The number of imide groups is 2. The summed E-state index contributed by atoms with van der Waals surface area (Å²) in [4.78, 5) is 33.6. The van der Waals surface area contributed by atoms with Crippen molar-refractivity contribution in [1.29, 1.82) is 0 Å². The van der Waals surface area contributed by atoms with Crippen molar-refractivity contribution in [2.24, 2.45) is 5.41 Å². The number of carbonyl (C=O) groups is 3. The zero-order valence-electron chi connectivity index (χ0n) is 9.64. The van der Waals surface area contributed by atoms with Crippen LogP contribution in [0.2, 0.25) is 0 Å². The summed E-state index contributed by atoms with van der Waals surface area (Å²) >= 11 is 0. The van der Waals surface area contributed by atoms with Gasteiger partial charge in [-0.3, -0.25) is 20.2 Å². The van der Waals surface area contributed by atoms with Gasteiger partial charge < -0.3 is 1.43 Å². The fourth-order valence-corrected chi connectivity index (χ4v) is 1.47. The molecule has 74 valence electrons. The number of rotatable bonds is 2. The van der Waals surface area contributed by atoms with Gasteiger partial charge in [-0.2, -0.15) is 0 Å². The molecule has 0 aromatic rings. The molecule has 1 aliphatic rings. The van der Waals surface area contributed by atoms with Crippen LogP contribution in [-0.4, -0.2) is 17.8 Å². The van der Waals surface area contributed by atoms with Crippen molar-refractivity contribution in [3.05, 3.63) is 0 Å². The molecule has 0 bridgehead atoms. The molecule has 1 rings (SSSR count). The van der Waals surface area contributed by atoms with Crippen LogP contribution in [-0.2, 0) is 9.59 Å². The number of urea groups is 1. The summed E-state index contributed by atoms with van der Waals surface area (Å²) in [5, 5.41) is 4.19. The molecular weight excluding hydrogens is 195 g/mol. The Morgan fingerprint density at radius 3 is 1.71 bits per heavy atom. The SMILES string of the molecule is CCC1(CC)C(=O)NC(=O)NC1=O.[H-].[Na+]. The predicted molar refractivity (Wildman–Crippen MR) is 45.8 cm³/mol. The first kappa shape index (κ1) is 13.6. The van der Waals surface area contributed by atoms with E-state index in [1.54, 1.807) is 13.8 Å². The van der Waals surface area contributed by atoms with E-state index in [1.807, 2.05) is 0 Å². The van der Waals surface area contributed by atoms with Crippen LogP contribution in [0, 0.1) is 5.41 Å². The first-order valence-electron chi connectivity index (χ1n) is 4.23. The number of carbonyl (C=O) groups excluding carboxylic acids is 3. The van der Waals surface area contributed by atoms with Gasteiger partial charge in [0.25, 0.3) is 0 Å². The zero-order valence-corrected chi connectivity index (χ0v) is 10.6. The molecule has 0 spiro atoms. The minimum absolute atomic E-state index is 0. The van der Waals surface area contributed by atoms with Crippen LogP contribution < -0.4 is 40.2 Å². The van der Waals surface area contributed by atoms with E-state index in [0.29, 0.717) is 12.8 Å². The molecule has 0 radical (unpaired) electrons. The first-order chi connectivity index (χ1) is 6.06. The quantitative estimate of drug-likeness (QED) is 0.382. The minimum atomic E-state index is -1.06. The summed E-state index contributed by atoms with van der Waals surface area (Å²) in [6.45, 7) is 3.50. The summed E-state index contributed by atoms with van der Waals surface area (Å²) in [5.41, 5.74) is -1.06. The molecule has 0 aromatic carbocycles. The molecule has 4 amide bonds. The van der Waals surface area contributed by atoms with Crippen molar-refractivity contribution >= 4 is 17.8 Å². The largest absolute Gasteiger partial charge is 1.00 e. The molecule has 0 saturated carbocycles. The van der Waals surface area contributed by atoms with Crippen LogP contribution in [0.1, 0.15) is 28.1 Å². The second-order valence-corrected chi connectivity index (χ2v) is 3.03. The van der Waals surface area contributed by atoms with Crippen molar-refractivity contribution in [2.75, 3.05) is 0 Å². The van der Waals surface area contributed by atoms with Crippen LogP contribution in [0.3, 0.4) is 0 Å². The fourth-order valence-electron chi connectivity index (χ4n) is 1.47. The number of nitrogens with one attached hydrogen (secondary N) is 2. The number of hydrogen-bond donors (Lipinski definition) is 2. The van der Waals surface area contributed by atoms with Gasteiger partial charge in [0.1, 0.15) is 5.41 Å². The average molecular weight is 208 g/mol. The van der Waals surface area contributed by atoms with Gasteiger partial charge in [0.2, 0.25) is 11.8 Å². The molecule has 1 heterocycles. The van der Waals surface area contributed by atoms with Gasteiger partial charge in [0.15, 0.2) is 0 Å². The van der Waals surface area contributed by atoms with Crippen LogP contribution >= 0.6 is 0 Å². The van der Waals surface area contributed by atoms with Crippen LogP contribution in [0.5, 0.6) is 0 Å². The Kier molecular flexibility index (Phi) is 4.77. The van der Waals surface area contributed by atoms with Gasteiger partial charge >= 0.3 is 35.6 Å². The Balaban J connectivity index is 0. The van der Waals surface area contributed by atoms with E-state index in [1.165, 1.54) is 0 Å². The Hall–Kier alpha value is -0.390. The summed E-state index contributed by atoms with van der Waals surface area (Å²) < 4.78 is 0. The minimum Gasteiger partial charge on any atom is -1.00 e.